The molecular formula is C20H22N2O3S. The summed E-state index contributed by atoms with van der Waals surface area (Å²) in [6, 6.07) is 15.4. The normalized spacial score (nSPS) is 19.8. The molecule has 0 spiro atoms. The van der Waals surface area contributed by atoms with Gasteiger partial charge in [-0.1, -0.05) is 30.3 Å². The molecule has 26 heavy (non-hydrogen) atoms. The van der Waals surface area contributed by atoms with E-state index in [-0.39, 0.29) is 12.5 Å². The summed E-state index contributed by atoms with van der Waals surface area (Å²) < 4.78 is 11.5. The zero-order valence-corrected chi connectivity index (χ0v) is 15.3. The van der Waals surface area contributed by atoms with E-state index in [4.69, 9.17) is 9.47 Å². The summed E-state index contributed by atoms with van der Waals surface area (Å²) in [4.78, 5) is 15.1. The Bertz CT molecular complexity index is 777. The number of carbonyl (C=O) groups is 1. The van der Waals surface area contributed by atoms with Crippen LogP contribution in [0, 0.1) is 0 Å². The number of benzene rings is 2. The van der Waals surface area contributed by atoms with Gasteiger partial charge in [-0.25, -0.2) is 0 Å². The number of fused-ring (bicyclic) bond motifs is 1. The molecule has 1 unspecified atom stereocenters. The second kappa shape index (κ2) is 8.01. The highest BCUT2D eigenvalue weighted by atomic mass is 32.2. The number of ether oxygens (including phenoxy) is 2. The minimum Gasteiger partial charge on any atom is -0.485 e. The van der Waals surface area contributed by atoms with Gasteiger partial charge in [-0.05, 0) is 23.8 Å². The summed E-state index contributed by atoms with van der Waals surface area (Å²) in [5.74, 6) is 3.45. The van der Waals surface area contributed by atoms with Crippen LogP contribution in [0.25, 0.3) is 0 Å². The van der Waals surface area contributed by atoms with Gasteiger partial charge in [-0.2, -0.15) is 11.8 Å². The molecule has 0 aliphatic carbocycles. The highest BCUT2D eigenvalue weighted by molar-refractivity contribution is 7.99. The first-order valence-corrected chi connectivity index (χ1v) is 10.0. The van der Waals surface area contributed by atoms with Crippen molar-refractivity contribution >= 4 is 23.4 Å². The predicted octanol–water partition coefficient (Wildman–Crippen LogP) is 3.01. The number of hydrogen-bond acceptors (Lipinski definition) is 5. The molecule has 4 rings (SSSR count). The highest BCUT2D eigenvalue weighted by Gasteiger charge is 2.27. The van der Waals surface area contributed by atoms with E-state index in [1.807, 2.05) is 54.2 Å². The molecule has 136 valence electrons. The molecule has 2 aliphatic rings. The first-order valence-electron chi connectivity index (χ1n) is 8.87. The molecule has 2 aromatic rings. The third-order valence-corrected chi connectivity index (χ3v) is 5.52. The fourth-order valence-corrected chi connectivity index (χ4v) is 4.12. The van der Waals surface area contributed by atoms with Crippen molar-refractivity contribution in [3.8, 4) is 11.5 Å². The lowest BCUT2D eigenvalue weighted by Crippen LogP contribution is -2.40. The van der Waals surface area contributed by atoms with Gasteiger partial charge >= 0.3 is 0 Å². The first-order chi connectivity index (χ1) is 12.8. The lowest BCUT2D eigenvalue weighted by Gasteiger charge is -2.28. The Labute approximate surface area is 157 Å². The third kappa shape index (κ3) is 3.97. The molecular weight excluding hydrogens is 348 g/mol. The minimum absolute atomic E-state index is 0.179. The smallest absolute Gasteiger partial charge is 0.269 e. The number of anilines is 1. The van der Waals surface area contributed by atoms with Crippen molar-refractivity contribution in [3.63, 3.8) is 0 Å². The second-order valence-corrected chi connectivity index (χ2v) is 7.62. The lowest BCUT2D eigenvalue weighted by molar-refractivity contribution is -0.125. The van der Waals surface area contributed by atoms with Gasteiger partial charge in [0.2, 0.25) is 6.10 Å². The van der Waals surface area contributed by atoms with Crippen LogP contribution in [0.3, 0.4) is 0 Å². The maximum Gasteiger partial charge on any atom is 0.269 e. The summed E-state index contributed by atoms with van der Waals surface area (Å²) in [5.41, 5.74) is 1.98. The van der Waals surface area contributed by atoms with Crippen LogP contribution in [0.5, 0.6) is 11.5 Å². The van der Waals surface area contributed by atoms with Gasteiger partial charge in [0, 0.05) is 36.8 Å². The van der Waals surface area contributed by atoms with Crippen LogP contribution in [0.4, 0.5) is 5.69 Å². The van der Waals surface area contributed by atoms with Crippen molar-refractivity contribution < 1.29 is 14.3 Å². The van der Waals surface area contributed by atoms with Crippen molar-refractivity contribution in [2.24, 2.45) is 0 Å². The molecule has 5 nitrogen and oxygen atoms in total. The average Bonchev–Trinajstić information content (AvgIpc) is 2.70. The summed E-state index contributed by atoms with van der Waals surface area (Å²) in [6.07, 6.45) is -0.649. The Hall–Kier alpha value is -2.18. The highest BCUT2D eigenvalue weighted by Crippen LogP contribution is 2.31. The van der Waals surface area contributed by atoms with Crippen LogP contribution in [0.15, 0.2) is 48.5 Å². The lowest BCUT2D eigenvalue weighted by atomic mass is 10.1. The fourth-order valence-electron chi connectivity index (χ4n) is 3.14. The van der Waals surface area contributed by atoms with Crippen molar-refractivity contribution in [1.29, 1.82) is 0 Å². The van der Waals surface area contributed by atoms with E-state index >= 15 is 0 Å². The summed E-state index contributed by atoms with van der Waals surface area (Å²) in [7, 11) is 0. The van der Waals surface area contributed by atoms with Gasteiger partial charge in [0.05, 0.1) is 0 Å². The molecule has 2 heterocycles. The average molecular weight is 370 g/mol. The van der Waals surface area contributed by atoms with Gasteiger partial charge in [-0.3, -0.25) is 9.69 Å². The van der Waals surface area contributed by atoms with E-state index in [0.717, 1.165) is 30.9 Å². The summed E-state index contributed by atoms with van der Waals surface area (Å²) in [6.45, 7) is 3.24. The summed E-state index contributed by atoms with van der Waals surface area (Å²) >= 11 is 2.00. The number of nitrogens with zero attached hydrogens (tertiary/aromatic N) is 1. The van der Waals surface area contributed by atoms with Crippen LogP contribution in [0.1, 0.15) is 5.56 Å². The standard InChI is InChI=1S/C20H22N2O3S/c23-20(19-14-24-17-7-3-4-8-18(17)25-19)21-16-6-2-1-5-15(16)13-22-9-11-26-12-10-22/h1-8,19H,9-14H2,(H,21,23). The van der Waals surface area contributed by atoms with Crippen LogP contribution >= 0.6 is 11.8 Å². The Morgan fingerprint density at radius 3 is 2.65 bits per heavy atom. The molecule has 0 bridgehead atoms. The van der Waals surface area contributed by atoms with Gasteiger partial charge in [0.15, 0.2) is 11.5 Å². The molecule has 0 saturated carbocycles. The Morgan fingerprint density at radius 2 is 1.81 bits per heavy atom. The monoisotopic (exact) mass is 370 g/mol. The zero-order valence-electron chi connectivity index (χ0n) is 14.5. The van der Waals surface area contributed by atoms with Gasteiger partial charge < -0.3 is 14.8 Å². The molecule has 0 radical (unpaired) electrons. The predicted molar refractivity (Wildman–Crippen MR) is 104 cm³/mol. The van der Waals surface area contributed by atoms with Crippen molar-refractivity contribution in [2.75, 3.05) is 36.5 Å². The molecule has 1 N–H and O–H groups in total. The Kier molecular flexibility index (Phi) is 5.32. The number of hydrogen-bond donors (Lipinski definition) is 1. The largest absolute Gasteiger partial charge is 0.485 e. The molecule has 2 aromatic carbocycles. The molecule has 1 saturated heterocycles. The number of thioether (sulfide) groups is 1. The van der Waals surface area contributed by atoms with Crippen LogP contribution in [-0.2, 0) is 11.3 Å². The van der Waals surface area contributed by atoms with E-state index in [9.17, 15) is 4.79 Å². The van der Waals surface area contributed by atoms with Gasteiger partial charge in [0.1, 0.15) is 6.61 Å². The van der Waals surface area contributed by atoms with E-state index in [1.54, 1.807) is 0 Å². The number of nitrogens with one attached hydrogen (secondary N) is 1. The molecule has 6 heteroatoms. The first kappa shape index (κ1) is 17.2. The van der Waals surface area contributed by atoms with Crippen molar-refractivity contribution in [3.05, 3.63) is 54.1 Å². The zero-order chi connectivity index (χ0) is 17.8. The maximum atomic E-state index is 12.7. The fraction of sp³-hybridized carbons (Fsp3) is 0.350. The minimum atomic E-state index is -0.649. The van der Waals surface area contributed by atoms with Crippen LogP contribution in [-0.4, -0.2) is 48.1 Å². The van der Waals surface area contributed by atoms with Crippen molar-refractivity contribution in [1.82, 2.24) is 4.90 Å². The molecule has 1 atom stereocenters. The quantitative estimate of drug-likeness (QED) is 0.897. The second-order valence-electron chi connectivity index (χ2n) is 6.40. The van der Waals surface area contributed by atoms with Gasteiger partial charge in [0.25, 0.3) is 5.91 Å². The Morgan fingerprint density at radius 1 is 1.08 bits per heavy atom. The van der Waals surface area contributed by atoms with Crippen molar-refractivity contribution in [2.45, 2.75) is 12.6 Å². The summed E-state index contributed by atoms with van der Waals surface area (Å²) in [5, 5.41) is 3.02. The van der Waals surface area contributed by atoms with E-state index in [0.29, 0.717) is 11.5 Å². The van der Waals surface area contributed by atoms with E-state index in [1.165, 1.54) is 11.5 Å². The number of amides is 1. The molecule has 2 aliphatic heterocycles. The molecule has 1 amide bonds. The SMILES string of the molecule is O=C(Nc1ccccc1CN1CCSCC1)C1COc2ccccc2O1. The number of para-hydroxylation sites is 3. The number of rotatable bonds is 4. The van der Waals surface area contributed by atoms with E-state index < -0.39 is 6.10 Å². The van der Waals surface area contributed by atoms with E-state index in [2.05, 4.69) is 16.3 Å². The van der Waals surface area contributed by atoms with Gasteiger partial charge in [-0.15, -0.1) is 0 Å². The number of carbonyl (C=O) groups excluding carboxylic acids is 1. The third-order valence-electron chi connectivity index (χ3n) is 4.57. The topological polar surface area (TPSA) is 50.8 Å². The molecule has 0 aromatic heterocycles. The van der Waals surface area contributed by atoms with Crippen LogP contribution in [0.2, 0.25) is 0 Å². The maximum absolute atomic E-state index is 12.7. The Balaban J connectivity index is 1.43. The van der Waals surface area contributed by atoms with Crippen LogP contribution < -0.4 is 14.8 Å². The molecule has 1 fully saturated rings.